The minimum Gasteiger partial charge on any atom is -0.338 e. The topological polar surface area (TPSA) is 62.3 Å². The number of carbonyl (C=O) groups is 2. The molecule has 5 nitrogen and oxygen atoms in total. The SMILES string of the molecule is CC(=O)Nc1nc(C(=O)N(C)[C@H](C)CC(C)C)cs1. The molecule has 1 aromatic rings. The van der Waals surface area contributed by atoms with Gasteiger partial charge in [-0.1, -0.05) is 13.8 Å². The first-order valence-electron chi connectivity index (χ1n) is 6.31. The molecule has 0 spiro atoms. The molecule has 0 radical (unpaired) electrons. The van der Waals surface area contributed by atoms with E-state index in [-0.39, 0.29) is 17.9 Å². The van der Waals surface area contributed by atoms with E-state index in [1.54, 1.807) is 17.3 Å². The van der Waals surface area contributed by atoms with Gasteiger partial charge in [-0.3, -0.25) is 9.59 Å². The van der Waals surface area contributed by atoms with Gasteiger partial charge < -0.3 is 10.2 Å². The number of nitrogens with one attached hydrogen (secondary N) is 1. The van der Waals surface area contributed by atoms with Crippen LogP contribution in [0.4, 0.5) is 5.13 Å². The predicted octanol–water partition coefficient (Wildman–Crippen LogP) is 2.61. The maximum atomic E-state index is 12.2. The van der Waals surface area contributed by atoms with E-state index >= 15 is 0 Å². The Balaban J connectivity index is 2.71. The maximum Gasteiger partial charge on any atom is 0.273 e. The zero-order valence-corrected chi connectivity index (χ0v) is 12.9. The summed E-state index contributed by atoms with van der Waals surface area (Å²) < 4.78 is 0. The van der Waals surface area contributed by atoms with Crippen LogP contribution >= 0.6 is 11.3 Å². The van der Waals surface area contributed by atoms with E-state index in [4.69, 9.17) is 0 Å². The zero-order valence-electron chi connectivity index (χ0n) is 12.1. The second-order valence-corrected chi connectivity index (χ2v) is 5.97. The van der Waals surface area contributed by atoms with Gasteiger partial charge in [0, 0.05) is 25.4 Å². The molecule has 0 aliphatic heterocycles. The van der Waals surface area contributed by atoms with Crippen molar-refractivity contribution in [3.8, 4) is 0 Å². The van der Waals surface area contributed by atoms with Crippen molar-refractivity contribution in [1.29, 1.82) is 0 Å². The molecule has 1 heterocycles. The molecule has 0 aromatic carbocycles. The molecule has 1 N–H and O–H groups in total. The Labute approximate surface area is 118 Å². The molecule has 0 saturated carbocycles. The van der Waals surface area contributed by atoms with Crippen LogP contribution in [0, 0.1) is 5.92 Å². The average molecular weight is 283 g/mol. The monoisotopic (exact) mass is 283 g/mol. The van der Waals surface area contributed by atoms with Crippen LogP contribution < -0.4 is 5.32 Å². The molecular weight excluding hydrogens is 262 g/mol. The molecule has 0 aliphatic carbocycles. The number of carbonyl (C=O) groups excluding carboxylic acids is 2. The fraction of sp³-hybridized carbons (Fsp3) is 0.615. The van der Waals surface area contributed by atoms with Gasteiger partial charge in [-0.15, -0.1) is 11.3 Å². The summed E-state index contributed by atoms with van der Waals surface area (Å²) in [5.74, 6) is 0.242. The van der Waals surface area contributed by atoms with Crippen molar-refractivity contribution < 1.29 is 9.59 Å². The first-order chi connectivity index (χ1) is 8.81. The number of hydrogen-bond acceptors (Lipinski definition) is 4. The van der Waals surface area contributed by atoms with Crippen LogP contribution in [0.15, 0.2) is 5.38 Å². The smallest absolute Gasteiger partial charge is 0.273 e. The number of hydrogen-bond donors (Lipinski definition) is 1. The second kappa shape index (κ2) is 6.65. The van der Waals surface area contributed by atoms with Gasteiger partial charge in [0.25, 0.3) is 5.91 Å². The first-order valence-corrected chi connectivity index (χ1v) is 7.19. The summed E-state index contributed by atoms with van der Waals surface area (Å²) in [6, 6.07) is 0.165. The van der Waals surface area contributed by atoms with Gasteiger partial charge in [-0.25, -0.2) is 4.98 Å². The van der Waals surface area contributed by atoms with Gasteiger partial charge in [-0.05, 0) is 19.3 Å². The van der Waals surface area contributed by atoms with Crippen LogP contribution in [0.5, 0.6) is 0 Å². The molecule has 0 unspecified atom stereocenters. The van der Waals surface area contributed by atoms with Crippen molar-refractivity contribution in [2.24, 2.45) is 5.92 Å². The third-order valence-electron chi connectivity index (χ3n) is 2.80. The van der Waals surface area contributed by atoms with Crippen molar-refractivity contribution in [3.63, 3.8) is 0 Å². The van der Waals surface area contributed by atoms with Crippen molar-refractivity contribution in [2.75, 3.05) is 12.4 Å². The number of nitrogens with zero attached hydrogens (tertiary/aromatic N) is 2. The highest BCUT2D eigenvalue weighted by atomic mass is 32.1. The Morgan fingerprint density at radius 3 is 2.58 bits per heavy atom. The summed E-state index contributed by atoms with van der Waals surface area (Å²) >= 11 is 1.26. The molecule has 0 aliphatic rings. The minimum absolute atomic E-state index is 0.110. The van der Waals surface area contributed by atoms with Gasteiger partial charge in [0.05, 0.1) is 0 Å². The predicted molar refractivity (Wildman–Crippen MR) is 77.4 cm³/mol. The zero-order chi connectivity index (χ0) is 14.6. The van der Waals surface area contributed by atoms with Crippen LogP contribution in [0.3, 0.4) is 0 Å². The first kappa shape index (κ1) is 15.6. The Hall–Kier alpha value is -1.43. The van der Waals surface area contributed by atoms with E-state index in [0.717, 1.165) is 6.42 Å². The van der Waals surface area contributed by atoms with Gasteiger partial charge in [0.15, 0.2) is 5.13 Å². The Bertz CT molecular complexity index is 456. The van der Waals surface area contributed by atoms with Gasteiger partial charge in [-0.2, -0.15) is 0 Å². The maximum absolute atomic E-state index is 12.2. The standard InChI is InChI=1S/C13H21N3O2S/c1-8(2)6-9(3)16(5)12(18)11-7-19-13(15-11)14-10(4)17/h7-9H,6H2,1-5H3,(H,14,15,17)/t9-/m1/s1. The van der Waals surface area contributed by atoms with E-state index < -0.39 is 0 Å². The summed E-state index contributed by atoms with van der Waals surface area (Å²) in [6.45, 7) is 7.71. The Morgan fingerprint density at radius 2 is 2.05 bits per heavy atom. The molecule has 6 heteroatoms. The van der Waals surface area contributed by atoms with E-state index in [1.807, 2.05) is 6.92 Å². The van der Waals surface area contributed by atoms with Crippen molar-refractivity contribution in [2.45, 2.75) is 40.2 Å². The van der Waals surface area contributed by atoms with Gasteiger partial charge in [0.2, 0.25) is 5.91 Å². The fourth-order valence-corrected chi connectivity index (χ4v) is 2.53. The normalized spacial score (nSPS) is 12.3. The van der Waals surface area contributed by atoms with Crippen LogP contribution in [0.1, 0.15) is 44.6 Å². The number of anilines is 1. The van der Waals surface area contributed by atoms with Crippen LogP contribution in [-0.2, 0) is 4.79 Å². The van der Waals surface area contributed by atoms with Crippen molar-refractivity contribution in [3.05, 3.63) is 11.1 Å². The molecule has 0 bridgehead atoms. The van der Waals surface area contributed by atoms with Crippen molar-refractivity contribution >= 4 is 28.3 Å². The molecule has 1 rings (SSSR count). The summed E-state index contributed by atoms with van der Waals surface area (Å²) in [5.41, 5.74) is 0.381. The number of rotatable bonds is 5. The minimum atomic E-state index is -0.185. The highest BCUT2D eigenvalue weighted by Gasteiger charge is 2.20. The van der Waals surface area contributed by atoms with Crippen LogP contribution in [0.25, 0.3) is 0 Å². The van der Waals surface area contributed by atoms with Crippen molar-refractivity contribution in [1.82, 2.24) is 9.88 Å². The molecular formula is C13H21N3O2S. The van der Waals surface area contributed by atoms with E-state index in [1.165, 1.54) is 18.3 Å². The summed E-state index contributed by atoms with van der Waals surface area (Å²) in [4.78, 5) is 29.0. The highest BCUT2D eigenvalue weighted by molar-refractivity contribution is 7.14. The number of aromatic nitrogens is 1. The second-order valence-electron chi connectivity index (χ2n) is 5.11. The molecule has 2 amide bonds. The molecule has 1 aromatic heterocycles. The van der Waals surface area contributed by atoms with Gasteiger partial charge in [0.1, 0.15) is 5.69 Å². The number of thiazole rings is 1. The van der Waals surface area contributed by atoms with E-state index in [2.05, 4.69) is 24.1 Å². The Morgan fingerprint density at radius 1 is 1.42 bits per heavy atom. The molecule has 0 fully saturated rings. The van der Waals surface area contributed by atoms with E-state index in [0.29, 0.717) is 16.7 Å². The third-order valence-corrected chi connectivity index (χ3v) is 3.56. The average Bonchev–Trinajstić information content (AvgIpc) is 2.73. The molecule has 19 heavy (non-hydrogen) atoms. The Kier molecular flexibility index (Phi) is 5.47. The largest absolute Gasteiger partial charge is 0.338 e. The highest BCUT2D eigenvalue weighted by Crippen LogP contribution is 2.18. The van der Waals surface area contributed by atoms with Gasteiger partial charge >= 0.3 is 0 Å². The molecule has 1 atom stereocenters. The lowest BCUT2D eigenvalue weighted by Gasteiger charge is -2.25. The number of amides is 2. The summed E-state index contributed by atoms with van der Waals surface area (Å²) in [7, 11) is 1.78. The lowest BCUT2D eigenvalue weighted by atomic mass is 10.0. The lowest BCUT2D eigenvalue weighted by Crippen LogP contribution is -2.36. The quantitative estimate of drug-likeness (QED) is 0.903. The summed E-state index contributed by atoms with van der Waals surface area (Å²) in [6.07, 6.45) is 0.949. The lowest BCUT2D eigenvalue weighted by molar-refractivity contribution is -0.114. The van der Waals surface area contributed by atoms with Crippen LogP contribution in [-0.4, -0.2) is 34.8 Å². The molecule has 0 saturated heterocycles. The third kappa shape index (κ3) is 4.63. The molecule has 106 valence electrons. The fourth-order valence-electron chi connectivity index (χ4n) is 1.80. The summed E-state index contributed by atoms with van der Waals surface area (Å²) in [5, 5.41) is 4.71. The van der Waals surface area contributed by atoms with E-state index in [9.17, 15) is 9.59 Å². The van der Waals surface area contributed by atoms with Crippen LogP contribution in [0.2, 0.25) is 0 Å².